The van der Waals surface area contributed by atoms with E-state index in [0.29, 0.717) is 0 Å². The van der Waals surface area contributed by atoms with Crippen molar-refractivity contribution < 1.29 is 18.0 Å². The lowest BCUT2D eigenvalue weighted by Crippen LogP contribution is -2.28. The lowest BCUT2D eigenvalue weighted by Gasteiger charge is -2.14. The summed E-state index contributed by atoms with van der Waals surface area (Å²) >= 11 is 0.913. The molecule has 0 spiro atoms. The van der Waals surface area contributed by atoms with Crippen LogP contribution in [0.2, 0.25) is 0 Å². The van der Waals surface area contributed by atoms with Gasteiger partial charge >= 0.3 is 6.18 Å². The minimum Gasteiger partial charge on any atom is -0.349 e. The third-order valence-electron chi connectivity index (χ3n) is 3.69. The van der Waals surface area contributed by atoms with Crippen LogP contribution in [0.3, 0.4) is 0 Å². The Labute approximate surface area is 148 Å². The van der Waals surface area contributed by atoms with E-state index in [-0.39, 0.29) is 22.9 Å². The number of alkyl halides is 3. The maximum absolute atomic E-state index is 12.7. The number of amides is 1. The van der Waals surface area contributed by atoms with E-state index in [4.69, 9.17) is 0 Å². The van der Waals surface area contributed by atoms with E-state index < -0.39 is 12.0 Å². The molecular weight excluding hydrogens is 353 g/mol. The van der Waals surface area contributed by atoms with E-state index in [2.05, 4.69) is 22.4 Å². The molecule has 0 saturated carbocycles. The van der Waals surface area contributed by atoms with Crippen LogP contribution in [0.15, 0.2) is 29.4 Å². The Kier molecular flexibility index (Phi) is 6.10. The van der Waals surface area contributed by atoms with E-state index in [1.807, 2.05) is 31.2 Å². The molecule has 0 fully saturated rings. The van der Waals surface area contributed by atoms with Crippen molar-refractivity contribution in [3.05, 3.63) is 41.2 Å². The summed E-state index contributed by atoms with van der Waals surface area (Å²) in [4.78, 5) is 12.0. The fraction of sp³-hybridized carbons (Fsp3) is 0.438. The maximum atomic E-state index is 12.7. The molecule has 1 atom stereocenters. The Morgan fingerprint density at radius 1 is 1.28 bits per heavy atom. The molecule has 2 aromatic rings. The van der Waals surface area contributed by atoms with Crippen LogP contribution in [-0.4, -0.2) is 26.4 Å². The number of halogens is 3. The number of aromatic nitrogens is 3. The Hall–Kier alpha value is -2.03. The molecule has 0 bridgehead atoms. The fourth-order valence-electron chi connectivity index (χ4n) is 2.23. The van der Waals surface area contributed by atoms with Gasteiger partial charge in [-0.25, -0.2) is 0 Å². The van der Waals surface area contributed by atoms with Gasteiger partial charge in [0, 0.05) is 7.05 Å². The van der Waals surface area contributed by atoms with Gasteiger partial charge in [0.25, 0.3) is 0 Å². The van der Waals surface area contributed by atoms with Crippen LogP contribution in [-0.2, 0) is 24.4 Å². The first kappa shape index (κ1) is 19.3. The molecule has 2 rings (SSSR count). The van der Waals surface area contributed by atoms with Crippen molar-refractivity contribution in [2.45, 2.75) is 37.6 Å². The van der Waals surface area contributed by atoms with Crippen LogP contribution < -0.4 is 5.32 Å². The number of nitrogens with one attached hydrogen (secondary N) is 1. The lowest BCUT2D eigenvalue weighted by atomic mass is 10.1. The van der Waals surface area contributed by atoms with Gasteiger partial charge in [-0.15, -0.1) is 10.2 Å². The first-order valence-electron chi connectivity index (χ1n) is 7.70. The van der Waals surface area contributed by atoms with Gasteiger partial charge in [0.2, 0.25) is 11.7 Å². The van der Waals surface area contributed by atoms with Gasteiger partial charge in [-0.3, -0.25) is 4.79 Å². The summed E-state index contributed by atoms with van der Waals surface area (Å²) < 4.78 is 38.8. The van der Waals surface area contributed by atoms with Crippen molar-refractivity contribution in [3.63, 3.8) is 0 Å². The van der Waals surface area contributed by atoms with Gasteiger partial charge in [0.15, 0.2) is 5.16 Å². The second-order valence-electron chi connectivity index (χ2n) is 5.54. The Bertz CT molecular complexity index is 728. The molecule has 25 heavy (non-hydrogen) atoms. The highest BCUT2D eigenvalue weighted by Crippen LogP contribution is 2.29. The summed E-state index contributed by atoms with van der Waals surface area (Å²) in [6, 6.07) is 7.73. The fourth-order valence-corrected chi connectivity index (χ4v) is 2.95. The number of hydrogen-bond donors (Lipinski definition) is 1. The second-order valence-corrected chi connectivity index (χ2v) is 6.48. The summed E-state index contributed by atoms with van der Waals surface area (Å²) in [5.41, 5.74) is 2.18. The number of carbonyl (C=O) groups is 1. The second kappa shape index (κ2) is 7.90. The number of thioether (sulfide) groups is 1. The standard InChI is InChI=1S/C16H19F3N4OS/c1-4-11-5-7-12(8-6-11)10(2)20-13(24)9-25-15-22-21-14(23(15)3)16(17,18)19/h5-8,10H,4,9H2,1-3H3,(H,20,24)/t10-/m0/s1. The Morgan fingerprint density at radius 2 is 1.92 bits per heavy atom. The van der Waals surface area contributed by atoms with Gasteiger partial charge < -0.3 is 9.88 Å². The monoisotopic (exact) mass is 372 g/mol. The summed E-state index contributed by atoms with van der Waals surface area (Å²) in [7, 11) is 1.22. The van der Waals surface area contributed by atoms with E-state index in [9.17, 15) is 18.0 Å². The first-order valence-corrected chi connectivity index (χ1v) is 8.68. The number of aryl methyl sites for hydroxylation is 1. The molecule has 136 valence electrons. The topological polar surface area (TPSA) is 59.8 Å². The number of hydrogen-bond acceptors (Lipinski definition) is 4. The van der Waals surface area contributed by atoms with E-state index in [0.717, 1.165) is 28.3 Å². The molecule has 0 aliphatic rings. The van der Waals surface area contributed by atoms with Gasteiger partial charge in [-0.05, 0) is 24.5 Å². The smallest absolute Gasteiger partial charge is 0.349 e. The van der Waals surface area contributed by atoms with Crippen molar-refractivity contribution in [2.75, 3.05) is 5.75 Å². The summed E-state index contributed by atoms with van der Waals surface area (Å²) in [6.07, 6.45) is -3.63. The zero-order valence-corrected chi connectivity index (χ0v) is 14.9. The molecule has 1 heterocycles. The molecule has 0 saturated heterocycles. The molecule has 5 nitrogen and oxygen atoms in total. The van der Waals surface area contributed by atoms with Crippen LogP contribution in [0.4, 0.5) is 13.2 Å². The van der Waals surface area contributed by atoms with Gasteiger partial charge in [0.05, 0.1) is 11.8 Å². The number of rotatable bonds is 6. The third kappa shape index (κ3) is 4.97. The first-order chi connectivity index (χ1) is 11.7. The summed E-state index contributed by atoms with van der Waals surface area (Å²) in [5, 5.41) is 9.48. The molecule has 1 aromatic carbocycles. The van der Waals surface area contributed by atoms with Gasteiger partial charge in [-0.1, -0.05) is 43.0 Å². The number of nitrogens with zero attached hydrogens (tertiary/aromatic N) is 3. The highest BCUT2D eigenvalue weighted by atomic mass is 32.2. The van der Waals surface area contributed by atoms with Crippen LogP contribution in [0, 0.1) is 0 Å². The van der Waals surface area contributed by atoms with Crippen LogP contribution in [0.1, 0.15) is 36.8 Å². The highest BCUT2D eigenvalue weighted by molar-refractivity contribution is 7.99. The quantitative estimate of drug-likeness (QED) is 0.790. The predicted octanol–water partition coefficient (Wildman–Crippen LogP) is 3.37. The van der Waals surface area contributed by atoms with Crippen molar-refractivity contribution >= 4 is 17.7 Å². The average molecular weight is 372 g/mol. The van der Waals surface area contributed by atoms with Crippen LogP contribution in [0.25, 0.3) is 0 Å². The Morgan fingerprint density at radius 3 is 2.44 bits per heavy atom. The molecule has 0 aliphatic heterocycles. The molecule has 0 radical (unpaired) electrons. The molecular formula is C16H19F3N4OS. The maximum Gasteiger partial charge on any atom is 0.451 e. The highest BCUT2D eigenvalue weighted by Gasteiger charge is 2.37. The van der Waals surface area contributed by atoms with E-state index in [1.165, 1.54) is 12.6 Å². The molecule has 0 aliphatic carbocycles. The SMILES string of the molecule is CCc1ccc([C@H](C)NC(=O)CSc2nnc(C(F)(F)F)n2C)cc1. The van der Waals surface area contributed by atoms with Crippen LogP contribution >= 0.6 is 11.8 Å². The minimum atomic E-state index is -4.57. The zero-order chi connectivity index (χ0) is 18.6. The largest absolute Gasteiger partial charge is 0.451 e. The molecule has 1 N–H and O–H groups in total. The Balaban J connectivity index is 1.91. The van der Waals surface area contributed by atoms with E-state index in [1.54, 1.807) is 0 Å². The van der Waals surface area contributed by atoms with Gasteiger partial charge in [-0.2, -0.15) is 13.2 Å². The predicted molar refractivity (Wildman–Crippen MR) is 89.1 cm³/mol. The van der Waals surface area contributed by atoms with Crippen molar-refractivity contribution in [3.8, 4) is 0 Å². The lowest BCUT2D eigenvalue weighted by molar-refractivity contribution is -0.147. The molecule has 1 aromatic heterocycles. The number of benzene rings is 1. The minimum absolute atomic E-state index is 0.0405. The number of carbonyl (C=O) groups excluding carboxylic acids is 1. The summed E-state index contributed by atoms with van der Waals surface area (Å²) in [5.74, 6) is -1.41. The van der Waals surface area contributed by atoms with Crippen molar-refractivity contribution in [1.29, 1.82) is 0 Å². The normalized spacial score (nSPS) is 12.9. The summed E-state index contributed by atoms with van der Waals surface area (Å²) in [6.45, 7) is 3.92. The third-order valence-corrected chi connectivity index (χ3v) is 4.71. The zero-order valence-electron chi connectivity index (χ0n) is 14.1. The van der Waals surface area contributed by atoms with Crippen molar-refractivity contribution in [1.82, 2.24) is 20.1 Å². The molecule has 9 heteroatoms. The molecule has 1 amide bonds. The van der Waals surface area contributed by atoms with Crippen molar-refractivity contribution in [2.24, 2.45) is 7.05 Å². The molecule has 0 unspecified atom stereocenters. The van der Waals surface area contributed by atoms with E-state index >= 15 is 0 Å². The van der Waals surface area contributed by atoms with Crippen LogP contribution in [0.5, 0.6) is 0 Å². The van der Waals surface area contributed by atoms with Gasteiger partial charge in [0.1, 0.15) is 0 Å². The average Bonchev–Trinajstić information content (AvgIpc) is 2.94.